The zero-order chi connectivity index (χ0) is 13.5. The SMILES string of the molecule is CCOC(=O)C(C)CNC(=O)c1csc(CN)n1.Cl. The van der Waals surface area contributed by atoms with Gasteiger partial charge in [-0.25, -0.2) is 4.98 Å². The zero-order valence-electron chi connectivity index (χ0n) is 10.8. The van der Waals surface area contributed by atoms with E-state index in [1.807, 2.05) is 0 Å². The summed E-state index contributed by atoms with van der Waals surface area (Å²) < 4.78 is 4.84. The minimum absolute atomic E-state index is 0. The minimum atomic E-state index is -0.374. The van der Waals surface area contributed by atoms with Crippen LogP contribution >= 0.6 is 23.7 Å². The van der Waals surface area contributed by atoms with Crippen LogP contribution < -0.4 is 11.1 Å². The summed E-state index contributed by atoms with van der Waals surface area (Å²) in [6, 6.07) is 0. The predicted octanol–water partition coefficient (Wildman–Crippen LogP) is 0.953. The molecule has 1 amide bonds. The van der Waals surface area contributed by atoms with Gasteiger partial charge in [-0.05, 0) is 6.92 Å². The van der Waals surface area contributed by atoms with Gasteiger partial charge >= 0.3 is 5.97 Å². The number of amides is 1. The molecule has 1 unspecified atom stereocenters. The van der Waals surface area contributed by atoms with E-state index in [0.717, 1.165) is 0 Å². The molecule has 0 spiro atoms. The fraction of sp³-hybridized carbons (Fsp3) is 0.545. The van der Waals surface area contributed by atoms with E-state index in [1.165, 1.54) is 11.3 Å². The van der Waals surface area contributed by atoms with Crippen LogP contribution in [-0.2, 0) is 16.1 Å². The van der Waals surface area contributed by atoms with Crippen molar-refractivity contribution in [2.75, 3.05) is 13.2 Å². The first-order chi connectivity index (χ1) is 8.58. The second-order valence-corrected chi connectivity index (χ2v) is 4.64. The molecule has 8 heteroatoms. The van der Waals surface area contributed by atoms with Gasteiger partial charge in [0, 0.05) is 18.5 Å². The second kappa shape index (κ2) is 8.84. The van der Waals surface area contributed by atoms with Crippen molar-refractivity contribution in [1.29, 1.82) is 0 Å². The van der Waals surface area contributed by atoms with E-state index >= 15 is 0 Å². The Morgan fingerprint density at radius 2 is 2.26 bits per heavy atom. The molecule has 0 bridgehead atoms. The van der Waals surface area contributed by atoms with Crippen LogP contribution in [0.25, 0.3) is 0 Å². The van der Waals surface area contributed by atoms with E-state index in [0.29, 0.717) is 23.9 Å². The number of nitrogens with two attached hydrogens (primary N) is 1. The molecule has 1 heterocycles. The van der Waals surface area contributed by atoms with Gasteiger partial charge in [0.25, 0.3) is 5.91 Å². The van der Waals surface area contributed by atoms with E-state index in [2.05, 4.69) is 10.3 Å². The maximum absolute atomic E-state index is 11.7. The Kier molecular flexibility index (Phi) is 8.29. The highest BCUT2D eigenvalue weighted by atomic mass is 35.5. The smallest absolute Gasteiger partial charge is 0.310 e. The Labute approximate surface area is 122 Å². The summed E-state index contributed by atoms with van der Waals surface area (Å²) in [4.78, 5) is 27.1. The average Bonchev–Trinajstić information content (AvgIpc) is 2.84. The molecule has 0 aliphatic rings. The minimum Gasteiger partial charge on any atom is -0.466 e. The summed E-state index contributed by atoms with van der Waals surface area (Å²) in [6.45, 7) is 4.32. The highest BCUT2D eigenvalue weighted by Gasteiger charge is 2.16. The molecule has 19 heavy (non-hydrogen) atoms. The number of thiazole rings is 1. The lowest BCUT2D eigenvalue weighted by molar-refractivity contribution is -0.147. The fourth-order valence-electron chi connectivity index (χ4n) is 1.21. The van der Waals surface area contributed by atoms with Crippen LogP contribution in [0.4, 0.5) is 0 Å². The number of aromatic nitrogens is 1. The molecule has 0 saturated heterocycles. The number of hydrogen-bond donors (Lipinski definition) is 2. The monoisotopic (exact) mass is 307 g/mol. The van der Waals surface area contributed by atoms with Crippen LogP contribution in [0, 0.1) is 5.92 Å². The summed E-state index contributed by atoms with van der Waals surface area (Å²) >= 11 is 1.34. The zero-order valence-corrected chi connectivity index (χ0v) is 12.5. The molecular weight excluding hydrogens is 290 g/mol. The van der Waals surface area contributed by atoms with Gasteiger partial charge in [0.15, 0.2) is 0 Å². The third-order valence-corrected chi connectivity index (χ3v) is 3.09. The first-order valence-electron chi connectivity index (χ1n) is 5.67. The quantitative estimate of drug-likeness (QED) is 0.763. The molecule has 1 aromatic rings. The van der Waals surface area contributed by atoms with E-state index < -0.39 is 0 Å². The van der Waals surface area contributed by atoms with Crippen molar-refractivity contribution in [3.8, 4) is 0 Å². The van der Waals surface area contributed by atoms with Gasteiger partial charge < -0.3 is 15.8 Å². The van der Waals surface area contributed by atoms with Crippen molar-refractivity contribution in [2.45, 2.75) is 20.4 Å². The van der Waals surface area contributed by atoms with Gasteiger partial charge in [-0.15, -0.1) is 23.7 Å². The van der Waals surface area contributed by atoms with E-state index in [4.69, 9.17) is 10.5 Å². The Hall–Kier alpha value is -1.18. The summed E-state index contributed by atoms with van der Waals surface area (Å²) in [5.41, 5.74) is 5.74. The highest BCUT2D eigenvalue weighted by Crippen LogP contribution is 2.08. The number of halogens is 1. The third kappa shape index (κ3) is 5.54. The topological polar surface area (TPSA) is 94.3 Å². The maximum atomic E-state index is 11.7. The highest BCUT2D eigenvalue weighted by molar-refractivity contribution is 7.09. The molecule has 0 aliphatic heterocycles. The second-order valence-electron chi connectivity index (χ2n) is 3.69. The summed E-state index contributed by atoms with van der Waals surface area (Å²) in [6.07, 6.45) is 0. The lowest BCUT2D eigenvalue weighted by atomic mass is 10.2. The van der Waals surface area contributed by atoms with Crippen LogP contribution in [0.15, 0.2) is 5.38 Å². The molecule has 0 fully saturated rings. The van der Waals surface area contributed by atoms with Crippen molar-refractivity contribution >= 4 is 35.6 Å². The van der Waals surface area contributed by atoms with Gasteiger partial charge in [-0.2, -0.15) is 0 Å². The van der Waals surface area contributed by atoms with E-state index in [1.54, 1.807) is 19.2 Å². The molecule has 1 rings (SSSR count). The number of hydrogen-bond acceptors (Lipinski definition) is 6. The van der Waals surface area contributed by atoms with Crippen molar-refractivity contribution in [3.05, 3.63) is 16.1 Å². The van der Waals surface area contributed by atoms with Gasteiger partial charge in [0.2, 0.25) is 0 Å². The summed E-state index contributed by atoms with van der Waals surface area (Å²) in [5, 5.41) is 4.99. The van der Waals surface area contributed by atoms with Crippen molar-refractivity contribution < 1.29 is 14.3 Å². The molecule has 3 N–H and O–H groups in total. The van der Waals surface area contributed by atoms with Crippen molar-refractivity contribution in [3.63, 3.8) is 0 Å². The third-order valence-electron chi connectivity index (χ3n) is 2.22. The van der Waals surface area contributed by atoms with Crippen LogP contribution in [0.2, 0.25) is 0 Å². The average molecular weight is 308 g/mol. The van der Waals surface area contributed by atoms with E-state index in [-0.39, 0.29) is 36.7 Å². The fourth-order valence-corrected chi connectivity index (χ4v) is 1.87. The Bertz CT molecular complexity index is 425. The Balaban J connectivity index is 0.00000324. The number of ether oxygens (including phenoxy) is 1. The maximum Gasteiger partial charge on any atom is 0.310 e. The molecule has 0 radical (unpaired) electrons. The normalized spacial score (nSPS) is 11.3. The van der Waals surface area contributed by atoms with Gasteiger partial charge in [-0.1, -0.05) is 6.92 Å². The molecule has 0 aromatic carbocycles. The molecule has 6 nitrogen and oxygen atoms in total. The number of carbonyl (C=O) groups excluding carboxylic acids is 2. The number of rotatable bonds is 6. The van der Waals surface area contributed by atoms with Crippen LogP contribution in [-0.4, -0.2) is 30.0 Å². The molecule has 1 atom stereocenters. The van der Waals surface area contributed by atoms with Gasteiger partial charge in [0.05, 0.1) is 12.5 Å². The molecule has 0 aliphatic carbocycles. The lowest BCUT2D eigenvalue weighted by Crippen LogP contribution is -2.32. The first kappa shape index (κ1) is 17.8. The summed E-state index contributed by atoms with van der Waals surface area (Å²) in [5.74, 6) is -0.998. The van der Waals surface area contributed by atoms with E-state index in [9.17, 15) is 9.59 Å². The summed E-state index contributed by atoms with van der Waals surface area (Å²) in [7, 11) is 0. The first-order valence-corrected chi connectivity index (χ1v) is 6.55. The number of nitrogens with one attached hydrogen (secondary N) is 1. The standard InChI is InChI=1S/C11H17N3O3S.ClH/c1-3-17-11(16)7(2)5-13-10(15)8-6-18-9(4-12)14-8;/h6-7H,3-5,12H2,1-2H3,(H,13,15);1H. The number of carbonyl (C=O) groups is 2. The Morgan fingerprint density at radius 3 is 2.79 bits per heavy atom. The predicted molar refractivity (Wildman–Crippen MR) is 75.4 cm³/mol. The van der Waals surface area contributed by atoms with Crippen LogP contribution in [0.1, 0.15) is 29.3 Å². The van der Waals surface area contributed by atoms with Gasteiger partial charge in [-0.3, -0.25) is 9.59 Å². The molecule has 1 aromatic heterocycles. The van der Waals surface area contributed by atoms with Gasteiger partial charge in [0.1, 0.15) is 10.7 Å². The van der Waals surface area contributed by atoms with Crippen molar-refractivity contribution in [2.24, 2.45) is 11.7 Å². The number of esters is 1. The molecule has 0 saturated carbocycles. The largest absolute Gasteiger partial charge is 0.466 e. The molecular formula is C11H18ClN3O3S. The van der Waals surface area contributed by atoms with Crippen molar-refractivity contribution in [1.82, 2.24) is 10.3 Å². The lowest BCUT2D eigenvalue weighted by Gasteiger charge is -2.10. The van der Waals surface area contributed by atoms with Crippen LogP contribution in [0.5, 0.6) is 0 Å². The van der Waals surface area contributed by atoms with Crippen LogP contribution in [0.3, 0.4) is 0 Å². The number of nitrogens with zero attached hydrogens (tertiary/aromatic N) is 1. The Morgan fingerprint density at radius 1 is 1.58 bits per heavy atom. The molecule has 108 valence electrons.